The van der Waals surface area contributed by atoms with Crippen molar-refractivity contribution in [3.05, 3.63) is 57.9 Å². The maximum atomic E-state index is 4.80. The van der Waals surface area contributed by atoms with E-state index in [0.717, 1.165) is 42.9 Å². The Balaban J connectivity index is 1.93. The Labute approximate surface area is 147 Å². The minimum atomic E-state index is 0.862. The molecule has 3 heterocycles. The number of H-pyrrole nitrogens is 1. The second kappa shape index (κ2) is 5.45. The highest BCUT2D eigenvalue weighted by molar-refractivity contribution is 14.1. The third-order valence-electron chi connectivity index (χ3n) is 3.89. The monoisotopic (exact) mass is 415 g/mol. The molecule has 1 N–H and O–H groups in total. The van der Waals surface area contributed by atoms with Gasteiger partial charge in [-0.15, -0.1) is 0 Å². The molecule has 0 spiro atoms. The molecule has 114 valence electrons. The molecule has 0 amide bonds. The van der Waals surface area contributed by atoms with Crippen LogP contribution < -0.4 is 0 Å². The van der Waals surface area contributed by atoms with Gasteiger partial charge in [-0.05, 0) is 60.2 Å². The van der Waals surface area contributed by atoms with Crippen molar-refractivity contribution in [3.8, 4) is 17.1 Å². The number of fused-ring (bicyclic) bond motifs is 1. The van der Waals surface area contributed by atoms with E-state index in [1.165, 1.54) is 0 Å². The minimum Gasteiger partial charge on any atom is -0.338 e. The Morgan fingerprint density at radius 3 is 2.78 bits per heavy atom. The Morgan fingerprint density at radius 1 is 1.17 bits per heavy atom. The van der Waals surface area contributed by atoms with Crippen molar-refractivity contribution in [2.45, 2.75) is 13.8 Å². The van der Waals surface area contributed by atoms with Crippen molar-refractivity contribution >= 4 is 33.6 Å². The summed E-state index contributed by atoms with van der Waals surface area (Å²) in [5, 5.41) is 0. The number of nitrogens with one attached hydrogen (secondary N) is 1. The zero-order valence-corrected chi connectivity index (χ0v) is 14.9. The number of hydrogen-bond acceptors (Lipinski definition) is 3. The molecule has 4 rings (SSSR count). The van der Waals surface area contributed by atoms with E-state index >= 15 is 0 Å². The molecule has 6 heteroatoms. The van der Waals surface area contributed by atoms with Crippen LogP contribution in [0.5, 0.6) is 0 Å². The van der Waals surface area contributed by atoms with Gasteiger partial charge in [-0.1, -0.05) is 0 Å². The first kappa shape index (κ1) is 14.4. The van der Waals surface area contributed by atoms with Crippen molar-refractivity contribution in [2.75, 3.05) is 0 Å². The molecule has 5 nitrogen and oxygen atoms in total. The third kappa shape index (κ3) is 2.42. The highest BCUT2D eigenvalue weighted by Crippen LogP contribution is 2.29. The lowest BCUT2D eigenvalue weighted by Gasteiger charge is -2.03. The van der Waals surface area contributed by atoms with Crippen molar-refractivity contribution < 1.29 is 0 Å². The van der Waals surface area contributed by atoms with Crippen molar-refractivity contribution in [1.82, 2.24) is 24.5 Å². The van der Waals surface area contributed by atoms with Crippen molar-refractivity contribution in [2.24, 2.45) is 0 Å². The molecule has 4 aromatic rings. The molecular weight excluding hydrogens is 401 g/mol. The average Bonchev–Trinajstić information content (AvgIpc) is 3.16. The van der Waals surface area contributed by atoms with Gasteiger partial charge in [-0.3, -0.25) is 4.98 Å². The van der Waals surface area contributed by atoms with Gasteiger partial charge in [0, 0.05) is 33.5 Å². The molecular formula is C17H14IN5. The second-order valence-corrected chi connectivity index (χ2v) is 6.63. The van der Waals surface area contributed by atoms with Crippen LogP contribution in [0.1, 0.15) is 11.3 Å². The maximum absolute atomic E-state index is 4.80. The summed E-state index contributed by atoms with van der Waals surface area (Å²) in [4.78, 5) is 16.8. The van der Waals surface area contributed by atoms with Gasteiger partial charge in [0.05, 0.1) is 22.9 Å². The van der Waals surface area contributed by atoms with Gasteiger partial charge in [-0.2, -0.15) is 0 Å². The minimum absolute atomic E-state index is 0.862. The van der Waals surface area contributed by atoms with E-state index in [2.05, 4.69) is 56.6 Å². The lowest BCUT2D eigenvalue weighted by molar-refractivity contribution is 1.06. The summed E-state index contributed by atoms with van der Waals surface area (Å²) in [6.07, 6.45) is 7.34. The number of aromatic nitrogens is 5. The SMILES string of the molecule is Cc1nccc(I)c1-c1nc2c(C)cc(-n3ccnc3)cc2[nH]1. The van der Waals surface area contributed by atoms with Crippen LogP contribution >= 0.6 is 22.6 Å². The Kier molecular flexibility index (Phi) is 3.41. The highest BCUT2D eigenvalue weighted by atomic mass is 127. The zero-order chi connectivity index (χ0) is 16.0. The maximum Gasteiger partial charge on any atom is 0.141 e. The first-order chi connectivity index (χ1) is 11.1. The smallest absolute Gasteiger partial charge is 0.141 e. The largest absolute Gasteiger partial charge is 0.338 e. The van der Waals surface area contributed by atoms with Crippen molar-refractivity contribution in [3.63, 3.8) is 0 Å². The first-order valence-corrected chi connectivity index (χ1v) is 8.31. The number of imidazole rings is 2. The fraction of sp³-hybridized carbons (Fsp3) is 0.118. The van der Waals surface area contributed by atoms with E-state index < -0.39 is 0 Å². The third-order valence-corrected chi connectivity index (χ3v) is 4.79. The second-order valence-electron chi connectivity index (χ2n) is 5.47. The fourth-order valence-corrected chi connectivity index (χ4v) is 3.58. The fourth-order valence-electron chi connectivity index (χ4n) is 2.77. The molecule has 0 aliphatic carbocycles. The molecule has 0 saturated carbocycles. The summed E-state index contributed by atoms with van der Waals surface area (Å²) in [6, 6.07) is 6.22. The first-order valence-electron chi connectivity index (χ1n) is 7.23. The van der Waals surface area contributed by atoms with E-state index in [-0.39, 0.29) is 0 Å². The normalized spacial score (nSPS) is 11.3. The van der Waals surface area contributed by atoms with Gasteiger partial charge >= 0.3 is 0 Å². The molecule has 0 aliphatic heterocycles. The zero-order valence-electron chi connectivity index (χ0n) is 12.7. The van der Waals surface area contributed by atoms with E-state index in [4.69, 9.17) is 4.98 Å². The standard InChI is InChI=1S/C17H14IN5/c1-10-7-12(23-6-5-19-9-23)8-14-16(10)22-17(21-14)15-11(2)20-4-3-13(15)18/h3-9H,1-2H3,(H,21,22). The van der Waals surface area contributed by atoms with Crippen LogP contribution in [-0.4, -0.2) is 24.5 Å². The summed E-state index contributed by atoms with van der Waals surface area (Å²) in [6.45, 7) is 4.09. The number of nitrogens with zero attached hydrogens (tertiary/aromatic N) is 4. The number of aryl methyl sites for hydroxylation is 2. The van der Waals surface area contributed by atoms with Gasteiger partial charge in [0.25, 0.3) is 0 Å². The van der Waals surface area contributed by atoms with Gasteiger partial charge < -0.3 is 9.55 Å². The lowest BCUT2D eigenvalue weighted by Crippen LogP contribution is -1.92. The molecule has 3 aromatic heterocycles. The molecule has 0 fully saturated rings. The quantitative estimate of drug-likeness (QED) is 0.503. The highest BCUT2D eigenvalue weighted by Gasteiger charge is 2.14. The molecule has 0 radical (unpaired) electrons. The summed E-state index contributed by atoms with van der Waals surface area (Å²) >= 11 is 2.33. The van der Waals surface area contributed by atoms with Gasteiger partial charge in [0.15, 0.2) is 0 Å². The number of aromatic amines is 1. The van der Waals surface area contributed by atoms with Crippen molar-refractivity contribution in [1.29, 1.82) is 0 Å². The predicted molar refractivity (Wildman–Crippen MR) is 98.6 cm³/mol. The van der Waals surface area contributed by atoms with E-state index in [0.29, 0.717) is 0 Å². The summed E-state index contributed by atoms with van der Waals surface area (Å²) in [7, 11) is 0. The number of pyridine rings is 1. The predicted octanol–water partition coefficient (Wildman–Crippen LogP) is 4.03. The van der Waals surface area contributed by atoms with Gasteiger partial charge in [-0.25, -0.2) is 9.97 Å². The molecule has 0 atom stereocenters. The van der Waals surface area contributed by atoms with Crippen LogP contribution in [0.15, 0.2) is 43.1 Å². The summed E-state index contributed by atoms with van der Waals surface area (Å²) in [5.74, 6) is 0.862. The molecule has 1 aromatic carbocycles. The summed E-state index contributed by atoms with van der Waals surface area (Å²) < 4.78 is 3.13. The van der Waals surface area contributed by atoms with Crippen LogP contribution in [0.25, 0.3) is 28.1 Å². The summed E-state index contributed by atoms with van der Waals surface area (Å²) in [5.41, 5.74) is 6.24. The molecule has 0 saturated heterocycles. The number of benzene rings is 1. The van der Waals surface area contributed by atoms with Crippen LogP contribution in [0.2, 0.25) is 0 Å². The Bertz CT molecular complexity index is 981. The van der Waals surface area contributed by atoms with Crippen LogP contribution in [0.3, 0.4) is 0 Å². The van der Waals surface area contributed by atoms with E-state index in [1.54, 1.807) is 12.5 Å². The molecule has 0 bridgehead atoms. The van der Waals surface area contributed by atoms with Crippen LogP contribution in [0, 0.1) is 17.4 Å². The lowest BCUT2D eigenvalue weighted by atomic mass is 10.2. The average molecular weight is 415 g/mol. The molecule has 23 heavy (non-hydrogen) atoms. The molecule has 0 aliphatic rings. The number of halogens is 1. The Morgan fingerprint density at radius 2 is 2.04 bits per heavy atom. The van der Waals surface area contributed by atoms with E-state index in [9.17, 15) is 0 Å². The Hall–Kier alpha value is -2.22. The van der Waals surface area contributed by atoms with Crippen LogP contribution in [0.4, 0.5) is 0 Å². The molecule has 0 unspecified atom stereocenters. The number of hydrogen-bond donors (Lipinski definition) is 1. The van der Waals surface area contributed by atoms with Gasteiger partial charge in [0.2, 0.25) is 0 Å². The van der Waals surface area contributed by atoms with E-state index in [1.807, 2.05) is 30.0 Å². The van der Waals surface area contributed by atoms with Gasteiger partial charge in [0.1, 0.15) is 5.82 Å². The number of rotatable bonds is 2. The van der Waals surface area contributed by atoms with Crippen LogP contribution in [-0.2, 0) is 0 Å². The topological polar surface area (TPSA) is 59.4 Å².